The summed E-state index contributed by atoms with van der Waals surface area (Å²) in [4.78, 5) is 25.9. The minimum Gasteiger partial charge on any atom is -0.356 e. The fourth-order valence-corrected chi connectivity index (χ4v) is 2.41. The average molecular weight is 267 g/mol. The Hall–Kier alpha value is -1.10. The van der Waals surface area contributed by atoms with Crippen LogP contribution >= 0.6 is 0 Å². The van der Waals surface area contributed by atoms with E-state index in [0.29, 0.717) is 12.5 Å². The van der Waals surface area contributed by atoms with E-state index >= 15 is 0 Å². The molecule has 1 aliphatic carbocycles. The number of hydrogen-bond acceptors (Lipinski definition) is 3. The van der Waals surface area contributed by atoms with Crippen LogP contribution in [-0.2, 0) is 9.59 Å². The van der Waals surface area contributed by atoms with Crippen molar-refractivity contribution in [1.29, 1.82) is 0 Å². The molecule has 0 radical (unpaired) electrons. The number of amides is 2. The van der Waals surface area contributed by atoms with Gasteiger partial charge in [0, 0.05) is 26.2 Å². The average Bonchev–Trinajstić information content (AvgIpc) is 3.19. The molecule has 1 unspecified atom stereocenters. The molecule has 5 heteroatoms. The van der Waals surface area contributed by atoms with E-state index in [9.17, 15) is 9.59 Å². The summed E-state index contributed by atoms with van der Waals surface area (Å²) in [5.41, 5.74) is 0. The smallest absolute Gasteiger partial charge is 0.240 e. The maximum atomic E-state index is 12.2. The largest absolute Gasteiger partial charge is 0.356 e. The maximum Gasteiger partial charge on any atom is 0.240 e. The fraction of sp³-hybridized carbons (Fsp3) is 0.857. The number of rotatable bonds is 7. The lowest BCUT2D eigenvalue weighted by atomic mass is 10.1. The quantitative estimate of drug-likeness (QED) is 0.661. The third kappa shape index (κ3) is 4.49. The number of piperazine rings is 1. The van der Waals surface area contributed by atoms with E-state index in [2.05, 4.69) is 17.6 Å². The lowest BCUT2D eigenvalue weighted by Gasteiger charge is -2.33. The van der Waals surface area contributed by atoms with Crippen LogP contribution in [0.15, 0.2) is 0 Å². The molecule has 0 aromatic rings. The van der Waals surface area contributed by atoms with Gasteiger partial charge in [-0.15, -0.1) is 0 Å². The van der Waals surface area contributed by atoms with Crippen LogP contribution in [0.1, 0.15) is 39.0 Å². The Kier molecular flexibility index (Phi) is 5.19. The Morgan fingerprint density at radius 1 is 1.47 bits per heavy atom. The first kappa shape index (κ1) is 14.3. The van der Waals surface area contributed by atoms with Crippen molar-refractivity contribution < 1.29 is 9.59 Å². The molecule has 5 nitrogen and oxygen atoms in total. The van der Waals surface area contributed by atoms with Crippen molar-refractivity contribution in [3.8, 4) is 0 Å². The summed E-state index contributed by atoms with van der Waals surface area (Å²) in [6.45, 7) is 5.26. The molecule has 0 spiro atoms. The normalized spacial score (nSPS) is 23.5. The first-order chi connectivity index (χ1) is 9.20. The molecule has 2 amide bonds. The van der Waals surface area contributed by atoms with Crippen LogP contribution in [0.2, 0.25) is 0 Å². The zero-order valence-electron chi connectivity index (χ0n) is 11.8. The molecule has 19 heavy (non-hydrogen) atoms. The first-order valence-electron chi connectivity index (χ1n) is 7.49. The molecule has 108 valence electrons. The molecular weight excluding hydrogens is 242 g/mol. The van der Waals surface area contributed by atoms with Gasteiger partial charge >= 0.3 is 0 Å². The summed E-state index contributed by atoms with van der Waals surface area (Å²) >= 11 is 0. The van der Waals surface area contributed by atoms with Crippen LogP contribution in [-0.4, -0.2) is 48.9 Å². The highest BCUT2D eigenvalue weighted by Crippen LogP contribution is 2.30. The summed E-state index contributed by atoms with van der Waals surface area (Å²) in [7, 11) is 0. The van der Waals surface area contributed by atoms with Gasteiger partial charge in [0.25, 0.3) is 0 Å². The zero-order valence-corrected chi connectivity index (χ0v) is 11.8. The minimum absolute atomic E-state index is 0.0208. The fourth-order valence-electron chi connectivity index (χ4n) is 2.41. The monoisotopic (exact) mass is 267 g/mol. The Morgan fingerprint density at radius 2 is 2.26 bits per heavy atom. The first-order valence-corrected chi connectivity index (χ1v) is 7.49. The van der Waals surface area contributed by atoms with Crippen LogP contribution < -0.4 is 10.6 Å². The highest BCUT2D eigenvalue weighted by atomic mass is 16.2. The van der Waals surface area contributed by atoms with Crippen LogP contribution in [0.4, 0.5) is 0 Å². The van der Waals surface area contributed by atoms with Gasteiger partial charge in [0.2, 0.25) is 11.8 Å². The molecule has 2 aliphatic rings. The van der Waals surface area contributed by atoms with Crippen molar-refractivity contribution in [2.24, 2.45) is 5.92 Å². The molecule has 1 atom stereocenters. The second-order valence-corrected chi connectivity index (χ2v) is 5.64. The predicted molar refractivity (Wildman–Crippen MR) is 73.6 cm³/mol. The van der Waals surface area contributed by atoms with Gasteiger partial charge < -0.3 is 15.5 Å². The molecule has 1 heterocycles. The van der Waals surface area contributed by atoms with Crippen molar-refractivity contribution in [2.75, 3.05) is 26.2 Å². The molecule has 0 bridgehead atoms. The topological polar surface area (TPSA) is 61.4 Å². The second-order valence-electron chi connectivity index (χ2n) is 5.64. The van der Waals surface area contributed by atoms with Crippen LogP contribution in [0.25, 0.3) is 0 Å². The number of carbonyl (C=O) groups is 2. The number of hydrogen-bond donors (Lipinski definition) is 2. The summed E-state index contributed by atoms with van der Waals surface area (Å²) in [5, 5.41) is 6.03. The van der Waals surface area contributed by atoms with E-state index in [-0.39, 0.29) is 24.3 Å². The van der Waals surface area contributed by atoms with E-state index in [4.69, 9.17) is 0 Å². The van der Waals surface area contributed by atoms with Crippen molar-refractivity contribution in [2.45, 2.75) is 45.1 Å². The maximum absolute atomic E-state index is 12.2. The number of unbranched alkanes of at least 4 members (excludes halogenated alkanes) is 1. The number of carbonyl (C=O) groups excluding carboxylic acids is 2. The van der Waals surface area contributed by atoms with Gasteiger partial charge in [-0.1, -0.05) is 13.3 Å². The van der Waals surface area contributed by atoms with E-state index in [1.165, 1.54) is 12.8 Å². The van der Waals surface area contributed by atoms with Crippen molar-refractivity contribution in [3.05, 3.63) is 0 Å². The van der Waals surface area contributed by atoms with Gasteiger partial charge in [0.1, 0.15) is 0 Å². The molecular formula is C14H25N3O2. The summed E-state index contributed by atoms with van der Waals surface area (Å²) in [6.07, 6.45) is 4.82. The van der Waals surface area contributed by atoms with Crippen LogP contribution in [0.3, 0.4) is 0 Å². The van der Waals surface area contributed by atoms with E-state index in [1.54, 1.807) is 0 Å². The van der Waals surface area contributed by atoms with Gasteiger partial charge in [-0.25, -0.2) is 0 Å². The molecule has 0 aromatic carbocycles. The zero-order chi connectivity index (χ0) is 13.7. The molecule has 2 fully saturated rings. The van der Waals surface area contributed by atoms with E-state index < -0.39 is 0 Å². The summed E-state index contributed by atoms with van der Waals surface area (Å²) in [6, 6.07) is -0.325. The Labute approximate surface area is 115 Å². The van der Waals surface area contributed by atoms with Crippen molar-refractivity contribution in [3.63, 3.8) is 0 Å². The Morgan fingerprint density at radius 3 is 2.95 bits per heavy atom. The highest BCUT2D eigenvalue weighted by Gasteiger charge is 2.33. The van der Waals surface area contributed by atoms with Gasteiger partial charge in [-0.2, -0.15) is 0 Å². The highest BCUT2D eigenvalue weighted by molar-refractivity contribution is 5.88. The molecule has 2 rings (SSSR count). The molecule has 1 saturated carbocycles. The lowest BCUT2D eigenvalue weighted by molar-refractivity contribution is -0.138. The molecule has 0 aromatic heterocycles. The number of nitrogens with one attached hydrogen (secondary N) is 2. The third-order valence-corrected chi connectivity index (χ3v) is 3.80. The SMILES string of the molecule is CCCCNC(=O)CC1NCCN(CC2CC2)C1=O. The Balaban J connectivity index is 1.75. The third-order valence-electron chi connectivity index (χ3n) is 3.80. The predicted octanol–water partition coefficient (Wildman–Crippen LogP) is 0.503. The molecule has 2 N–H and O–H groups in total. The number of nitrogens with zero attached hydrogens (tertiary/aromatic N) is 1. The van der Waals surface area contributed by atoms with E-state index in [0.717, 1.165) is 32.5 Å². The lowest BCUT2D eigenvalue weighted by Crippen LogP contribution is -2.56. The molecule has 1 aliphatic heterocycles. The second kappa shape index (κ2) is 6.89. The molecule has 1 saturated heterocycles. The Bertz CT molecular complexity index is 329. The van der Waals surface area contributed by atoms with Gasteiger partial charge in [0.05, 0.1) is 12.5 Å². The van der Waals surface area contributed by atoms with Gasteiger partial charge in [0.15, 0.2) is 0 Å². The summed E-state index contributed by atoms with van der Waals surface area (Å²) < 4.78 is 0. The minimum atomic E-state index is -0.325. The van der Waals surface area contributed by atoms with Crippen LogP contribution in [0.5, 0.6) is 0 Å². The van der Waals surface area contributed by atoms with E-state index in [1.807, 2.05) is 4.90 Å². The van der Waals surface area contributed by atoms with Gasteiger partial charge in [-0.3, -0.25) is 9.59 Å². The summed E-state index contributed by atoms with van der Waals surface area (Å²) in [5.74, 6) is 0.789. The van der Waals surface area contributed by atoms with Crippen molar-refractivity contribution in [1.82, 2.24) is 15.5 Å². The van der Waals surface area contributed by atoms with Crippen molar-refractivity contribution >= 4 is 11.8 Å². The van der Waals surface area contributed by atoms with Gasteiger partial charge in [-0.05, 0) is 25.2 Å². The standard InChI is InChI=1S/C14H25N3O2/c1-2-3-6-16-13(18)9-12-14(19)17(8-7-15-12)10-11-4-5-11/h11-12,15H,2-10H2,1H3,(H,16,18). The van der Waals surface area contributed by atoms with Crippen LogP contribution in [0, 0.1) is 5.92 Å².